The van der Waals surface area contributed by atoms with Gasteiger partial charge in [-0.25, -0.2) is 0 Å². The SMILES string of the molecule is CC1CN(C(=O)[C@@H]2Cc3ccccc3N2)CC(CO)O1. The van der Waals surface area contributed by atoms with Crippen molar-refractivity contribution in [1.29, 1.82) is 0 Å². The summed E-state index contributed by atoms with van der Waals surface area (Å²) in [7, 11) is 0. The quantitative estimate of drug-likeness (QED) is 0.832. The molecular formula is C15H20N2O3. The molecule has 3 rings (SSSR count). The first-order valence-electron chi connectivity index (χ1n) is 7.07. The summed E-state index contributed by atoms with van der Waals surface area (Å²) in [5.74, 6) is 0.0924. The number of amides is 1. The Kier molecular flexibility index (Phi) is 3.63. The highest BCUT2D eigenvalue weighted by Crippen LogP contribution is 2.26. The number of nitrogens with one attached hydrogen (secondary N) is 1. The first-order chi connectivity index (χ1) is 9.67. The van der Waals surface area contributed by atoms with Crippen LogP contribution in [0.5, 0.6) is 0 Å². The lowest BCUT2D eigenvalue weighted by molar-refractivity contribution is -0.147. The van der Waals surface area contributed by atoms with E-state index in [1.165, 1.54) is 5.56 Å². The summed E-state index contributed by atoms with van der Waals surface area (Å²) in [5.41, 5.74) is 2.23. The standard InChI is InChI=1S/C15H20N2O3/c1-10-7-17(8-12(9-18)20-10)15(19)14-6-11-4-2-3-5-13(11)16-14/h2-5,10,12,14,16,18H,6-9H2,1H3/t10?,12?,14-/m0/s1. The van der Waals surface area contributed by atoms with Crippen LogP contribution in [0.1, 0.15) is 12.5 Å². The Balaban J connectivity index is 1.68. The average Bonchev–Trinajstić information content (AvgIpc) is 2.89. The van der Waals surface area contributed by atoms with Crippen LogP contribution >= 0.6 is 0 Å². The highest BCUT2D eigenvalue weighted by molar-refractivity contribution is 5.87. The highest BCUT2D eigenvalue weighted by atomic mass is 16.5. The van der Waals surface area contributed by atoms with E-state index in [0.717, 1.165) is 12.1 Å². The average molecular weight is 276 g/mol. The van der Waals surface area contributed by atoms with Gasteiger partial charge < -0.3 is 20.1 Å². The maximum Gasteiger partial charge on any atom is 0.245 e. The number of nitrogens with zero attached hydrogens (tertiary/aromatic N) is 1. The van der Waals surface area contributed by atoms with Gasteiger partial charge in [0.1, 0.15) is 6.04 Å². The molecule has 3 atom stereocenters. The Morgan fingerprint density at radius 2 is 2.25 bits per heavy atom. The number of fused-ring (bicyclic) bond motifs is 1. The van der Waals surface area contributed by atoms with E-state index < -0.39 is 0 Å². The molecule has 0 radical (unpaired) electrons. The molecule has 0 aromatic heterocycles. The lowest BCUT2D eigenvalue weighted by atomic mass is 10.1. The topological polar surface area (TPSA) is 61.8 Å². The second kappa shape index (κ2) is 5.42. The fraction of sp³-hybridized carbons (Fsp3) is 0.533. The van der Waals surface area contributed by atoms with Gasteiger partial charge in [-0.1, -0.05) is 18.2 Å². The van der Waals surface area contributed by atoms with E-state index >= 15 is 0 Å². The smallest absolute Gasteiger partial charge is 0.245 e. The van der Waals surface area contributed by atoms with Crippen molar-refractivity contribution in [2.24, 2.45) is 0 Å². The van der Waals surface area contributed by atoms with Crippen LogP contribution < -0.4 is 5.32 Å². The molecule has 5 heteroatoms. The van der Waals surface area contributed by atoms with E-state index in [1.54, 1.807) is 4.90 Å². The van der Waals surface area contributed by atoms with Crippen molar-refractivity contribution in [3.05, 3.63) is 29.8 Å². The third kappa shape index (κ3) is 2.51. The summed E-state index contributed by atoms with van der Waals surface area (Å²) in [6, 6.07) is 7.82. The van der Waals surface area contributed by atoms with Gasteiger partial charge in [0.25, 0.3) is 0 Å². The predicted molar refractivity (Wildman–Crippen MR) is 75.6 cm³/mol. The largest absolute Gasteiger partial charge is 0.394 e. The van der Waals surface area contributed by atoms with Crippen molar-refractivity contribution >= 4 is 11.6 Å². The van der Waals surface area contributed by atoms with Gasteiger partial charge in [0.15, 0.2) is 0 Å². The molecule has 1 aromatic rings. The molecule has 2 N–H and O–H groups in total. The molecular weight excluding hydrogens is 256 g/mol. The number of anilines is 1. The van der Waals surface area contributed by atoms with Crippen LogP contribution in [0.25, 0.3) is 0 Å². The van der Waals surface area contributed by atoms with E-state index in [4.69, 9.17) is 4.74 Å². The summed E-state index contributed by atoms with van der Waals surface area (Å²) in [6.45, 7) is 2.93. The zero-order valence-corrected chi connectivity index (χ0v) is 11.6. The monoisotopic (exact) mass is 276 g/mol. The van der Waals surface area contributed by atoms with Crippen LogP contribution in [-0.2, 0) is 16.0 Å². The lowest BCUT2D eigenvalue weighted by Crippen LogP contribution is -2.54. The van der Waals surface area contributed by atoms with Crippen LogP contribution in [0.15, 0.2) is 24.3 Å². The molecule has 0 bridgehead atoms. The minimum atomic E-state index is -0.272. The fourth-order valence-corrected chi connectivity index (χ4v) is 2.99. The van der Waals surface area contributed by atoms with Crippen LogP contribution in [0.4, 0.5) is 5.69 Å². The Labute approximate surface area is 118 Å². The Hall–Kier alpha value is -1.59. The molecule has 1 saturated heterocycles. The first-order valence-corrected chi connectivity index (χ1v) is 7.07. The molecule has 20 heavy (non-hydrogen) atoms. The number of para-hydroxylation sites is 1. The van der Waals surface area contributed by atoms with Crippen LogP contribution in [0, 0.1) is 0 Å². The summed E-state index contributed by atoms with van der Waals surface area (Å²) in [4.78, 5) is 14.4. The van der Waals surface area contributed by atoms with Gasteiger partial charge in [0, 0.05) is 25.2 Å². The minimum absolute atomic E-state index is 0.0337. The van der Waals surface area contributed by atoms with Gasteiger partial charge in [-0.15, -0.1) is 0 Å². The van der Waals surface area contributed by atoms with E-state index in [9.17, 15) is 9.90 Å². The third-order valence-corrected chi connectivity index (χ3v) is 3.91. The number of aliphatic hydroxyl groups is 1. The van der Waals surface area contributed by atoms with Crippen molar-refractivity contribution in [2.75, 3.05) is 25.0 Å². The molecule has 1 fully saturated rings. The van der Waals surface area contributed by atoms with Crippen molar-refractivity contribution in [1.82, 2.24) is 4.90 Å². The summed E-state index contributed by atoms with van der Waals surface area (Å²) in [6.07, 6.45) is 0.421. The summed E-state index contributed by atoms with van der Waals surface area (Å²) in [5, 5.41) is 12.5. The number of hydrogen-bond acceptors (Lipinski definition) is 4. The third-order valence-electron chi connectivity index (χ3n) is 3.91. The Bertz CT molecular complexity index is 481. The van der Waals surface area contributed by atoms with Gasteiger partial charge in [-0.2, -0.15) is 0 Å². The maximum absolute atomic E-state index is 12.6. The number of carbonyl (C=O) groups excluding carboxylic acids is 1. The zero-order chi connectivity index (χ0) is 14.1. The molecule has 0 spiro atoms. The zero-order valence-electron chi connectivity index (χ0n) is 11.6. The number of aliphatic hydroxyl groups excluding tert-OH is 1. The molecule has 0 saturated carbocycles. The predicted octanol–water partition coefficient (Wildman–Crippen LogP) is 0.631. The highest BCUT2D eigenvalue weighted by Gasteiger charge is 2.34. The van der Waals surface area contributed by atoms with E-state index in [0.29, 0.717) is 13.1 Å². The van der Waals surface area contributed by atoms with Gasteiger partial charge in [-0.3, -0.25) is 4.79 Å². The molecule has 108 valence electrons. The van der Waals surface area contributed by atoms with Crippen molar-refractivity contribution < 1.29 is 14.6 Å². The van der Waals surface area contributed by atoms with Crippen molar-refractivity contribution in [3.63, 3.8) is 0 Å². The second-order valence-corrected chi connectivity index (χ2v) is 5.55. The van der Waals surface area contributed by atoms with Gasteiger partial charge >= 0.3 is 0 Å². The lowest BCUT2D eigenvalue weighted by Gasteiger charge is -2.37. The normalized spacial score (nSPS) is 28.9. The number of morpholine rings is 1. The van der Waals surface area contributed by atoms with E-state index in [-0.39, 0.29) is 30.8 Å². The molecule has 0 aliphatic carbocycles. The molecule has 1 aromatic carbocycles. The Morgan fingerprint density at radius 3 is 3.00 bits per heavy atom. The van der Waals surface area contributed by atoms with Crippen molar-refractivity contribution in [2.45, 2.75) is 31.6 Å². The first kappa shape index (κ1) is 13.4. The molecule has 2 aliphatic heterocycles. The Morgan fingerprint density at radius 1 is 1.45 bits per heavy atom. The fourth-order valence-electron chi connectivity index (χ4n) is 2.99. The summed E-state index contributed by atoms with van der Waals surface area (Å²) < 4.78 is 5.58. The molecule has 2 heterocycles. The number of ether oxygens (including phenoxy) is 1. The molecule has 5 nitrogen and oxygen atoms in total. The molecule has 2 aliphatic rings. The van der Waals surface area contributed by atoms with Gasteiger partial charge in [0.2, 0.25) is 5.91 Å². The van der Waals surface area contributed by atoms with Crippen LogP contribution in [0.3, 0.4) is 0 Å². The van der Waals surface area contributed by atoms with E-state index in [1.807, 2.05) is 31.2 Å². The van der Waals surface area contributed by atoms with E-state index in [2.05, 4.69) is 5.32 Å². The van der Waals surface area contributed by atoms with Gasteiger partial charge in [0.05, 0.1) is 18.8 Å². The minimum Gasteiger partial charge on any atom is -0.394 e. The number of hydrogen-bond donors (Lipinski definition) is 2. The second-order valence-electron chi connectivity index (χ2n) is 5.55. The number of carbonyl (C=O) groups is 1. The molecule has 2 unspecified atom stereocenters. The van der Waals surface area contributed by atoms with Crippen molar-refractivity contribution in [3.8, 4) is 0 Å². The number of rotatable bonds is 2. The molecule has 1 amide bonds. The number of benzene rings is 1. The van der Waals surface area contributed by atoms with Crippen LogP contribution in [0.2, 0.25) is 0 Å². The van der Waals surface area contributed by atoms with Crippen LogP contribution in [-0.4, -0.2) is 53.9 Å². The van der Waals surface area contributed by atoms with Gasteiger partial charge in [-0.05, 0) is 18.6 Å². The maximum atomic E-state index is 12.6. The summed E-state index contributed by atoms with van der Waals surface area (Å²) >= 11 is 0.